The van der Waals surface area contributed by atoms with Crippen LogP contribution in [0.15, 0.2) is 18.3 Å². The summed E-state index contributed by atoms with van der Waals surface area (Å²) in [6, 6.07) is 3.20. The van der Waals surface area contributed by atoms with Crippen LogP contribution >= 0.6 is 11.6 Å². The molecule has 1 amide bonds. The maximum absolute atomic E-state index is 10.9. The van der Waals surface area contributed by atoms with Crippen molar-refractivity contribution in [2.75, 3.05) is 0 Å². The van der Waals surface area contributed by atoms with Gasteiger partial charge in [0.05, 0.1) is 5.02 Å². The minimum atomic E-state index is -0.490. The highest BCUT2D eigenvalue weighted by molar-refractivity contribution is 6.33. The molecule has 11 heavy (non-hydrogen) atoms. The Morgan fingerprint density at radius 1 is 1.73 bits per heavy atom. The number of nitrogens with zero attached hydrogens (tertiary/aromatic N) is 1. The molecule has 5 heteroatoms. The van der Waals surface area contributed by atoms with Gasteiger partial charge in [0.1, 0.15) is 5.69 Å². The van der Waals surface area contributed by atoms with Gasteiger partial charge in [0.25, 0.3) is 5.91 Å². The van der Waals surface area contributed by atoms with Crippen molar-refractivity contribution in [1.29, 1.82) is 0 Å². The molecule has 0 aliphatic heterocycles. The van der Waals surface area contributed by atoms with Gasteiger partial charge in [0.2, 0.25) is 0 Å². The van der Waals surface area contributed by atoms with Crippen LogP contribution in [0, 0.1) is 0 Å². The molecule has 1 aromatic rings. The van der Waals surface area contributed by atoms with Crippen LogP contribution in [0.4, 0.5) is 0 Å². The fourth-order valence-electron chi connectivity index (χ4n) is 0.621. The minimum Gasteiger partial charge on any atom is -0.289 e. The van der Waals surface area contributed by atoms with Crippen LogP contribution < -0.4 is 11.3 Å². The van der Waals surface area contributed by atoms with Crippen LogP contribution in [0.1, 0.15) is 10.5 Å². The van der Waals surface area contributed by atoms with Crippen molar-refractivity contribution in [1.82, 2.24) is 10.4 Å². The van der Waals surface area contributed by atoms with E-state index in [0.717, 1.165) is 0 Å². The predicted octanol–water partition coefficient (Wildman–Crippen LogP) is 0.338. The zero-order chi connectivity index (χ0) is 8.27. The lowest BCUT2D eigenvalue weighted by molar-refractivity contribution is 0.0949. The van der Waals surface area contributed by atoms with E-state index in [2.05, 4.69) is 4.98 Å². The first-order chi connectivity index (χ1) is 5.25. The number of amides is 1. The van der Waals surface area contributed by atoms with Crippen LogP contribution in [-0.2, 0) is 0 Å². The topological polar surface area (TPSA) is 68.0 Å². The Morgan fingerprint density at radius 2 is 2.45 bits per heavy atom. The number of nitrogen functional groups attached to an aromatic ring is 1. The average Bonchev–Trinajstić information content (AvgIpc) is 2.04. The van der Waals surface area contributed by atoms with Crippen molar-refractivity contribution in [3.63, 3.8) is 0 Å². The third-order valence-electron chi connectivity index (χ3n) is 1.10. The van der Waals surface area contributed by atoms with E-state index in [1.54, 1.807) is 12.1 Å². The van der Waals surface area contributed by atoms with Gasteiger partial charge in [-0.15, -0.1) is 0 Å². The van der Waals surface area contributed by atoms with Crippen molar-refractivity contribution in [2.45, 2.75) is 0 Å². The summed E-state index contributed by atoms with van der Waals surface area (Å²) in [4.78, 5) is 14.6. The Kier molecular flexibility index (Phi) is 2.40. The fraction of sp³-hybridized carbons (Fsp3) is 0. The Hall–Kier alpha value is -1.13. The molecule has 0 fully saturated rings. The highest BCUT2D eigenvalue weighted by Crippen LogP contribution is 2.10. The van der Waals surface area contributed by atoms with Crippen LogP contribution in [0.3, 0.4) is 0 Å². The largest absolute Gasteiger partial charge is 0.289 e. The van der Waals surface area contributed by atoms with Crippen LogP contribution in [0.2, 0.25) is 5.02 Å². The predicted molar refractivity (Wildman–Crippen MR) is 40.9 cm³/mol. The molecule has 0 radical (unpaired) electrons. The number of pyridine rings is 1. The van der Waals surface area contributed by atoms with E-state index >= 15 is 0 Å². The number of nitrogens with one attached hydrogen (secondary N) is 1. The maximum atomic E-state index is 10.9. The number of hydrogen-bond donors (Lipinski definition) is 2. The first kappa shape index (κ1) is 7.97. The molecule has 58 valence electrons. The third kappa shape index (κ3) is 1.66. The quantitative estimate of drug-likeness (QED) is 0.364. The van der Waals surface area contributed by atoms with Gasteiger partial charge in [-0.05, 0) is 12.1 Å². The van der Waals surface area contributed by atoms with Crippen LogP contribution in [-0.4, -0.2) is 10.9 Å². The summed E-state index contributed by atoms with van der Waals surface area (Å²) in [5, 5.41) is 0.287. The second-order valence-corrected chi connectivity index (χ2v) is 2.21. The van der Waals surface area contributed by atoms with Gasteiger partial charge in [0, 0.05) is 6.20 Å². The molecule has 0 aliphatic rings. The monoisotopic (exact) mass is 171 g/mol. The van der Waals surface area contributed by atoms with Gasteiger partial charge >= 0.3 is 0 Å². The molecule has 3 N–H and O–H groups in total. The van der Waals surface area contributed by atoms with Crippen molar-refractivity contribution >= 4 is 17.5 Å². The SMILES string of the molecule is NNC(=O)c1ncccc1Cl. The Morgan fingerprint density at radius 3 is 3.00 bits per heavy atom. The Balaban J connectivity index is 3.03. The van der Waals surface area contributed by atoms with E-state index in [0.29, 0.717) is 0 Å². The summed E-state index contributed by atoms with van der Waals surface area (Å²) in [5.74, 6) is 4.38. The zero-order valence-corrected chi connectivity index (χ0v) is 6.30. The number of carbonyl (C=O) groups is 1. The normalized spacial score (nSPS) is 9.27. The van der Waals surface area contributed by atoms with Crippen molar-refractivity contribution in [3.05, 3.63) is 29.0 Å². The second kappa shape index (κ2) is 3.32. The van der Waals surface area contributed by atoms with Crippen LogP contribution in [0.5, 0.6) is 0 Å². The van der Waals surface area contributed by atoms with Gasteiger partial charge < -0.3 is 0 Å². The lowest BCUT2D eigenvalue weighted by Crippen LogP contribution is -2.30. The summed E-state index contributed by atoms with van der Waals surface area (Å²) in [6.07, 6.45) is 1.47. The molecule has 1 aromatic heterocycles. The van der Waals surface area contributed by atoms with E-state index in [1.165, 1.54) is 6.20 Å². The summed E-state index contributed by atoms with van der Waals surface area (Å²) < 4.78 is 0. The Bertz CT molecular complexity index is 276. The molecule has 4 nitrogen and oxygen atoms in total. The number of hydrogen-bond acceptors (Lipinski definition) is 3. The van der Waals surface area contributed by atoms with Crippen molar-refractivity contribution < 1.29 is 4.79 Å². The molecule has 0 bridgehead atoms. The smallest absolute Gasteiger partial charge is 0.285 e. The van der Waals surface area contributed by atoms with Gasteiger partial charge in [-0.2, -0.15) is 0 Å². The minimum absolute atomic E-state index is 0.136. The summed E-state index contributed by atoms with van der Waals surface area (Å²) in [5.41, 5.74) is 2.07. The molecule has 0 saturated heterocycles. The van der Waals surface area contributed by atoms with Gasteiger partial charge in [0.15, 0.2) is 0 Å². The molecule has 1 heterocycles. The van der Waals surface area contributed by atoms with E-state index in [4.69, 9.17) is 17.4 Å². The lowest BCUT2D eigenvalue weighted by atomic mass is 10.3. The number of carbonyl (C=O) groups excluding carboxylic acids is 1. The van der Waals surface area contributed by atoms with Crippen LogP contribution in [0.25, 0.3) is 0 Å². The first-order valence-electron chi connectivity index (χ1n) is 2.87. The molecule has 0 spiro atoms. The molecule has 0 unspecified atom stereocenters. The fourth-order valence-corrected chi connectivity index (χ4v) is 0.828. The molecule has 0 saturated carbocycles. The third-order valence-corrected chi connectivity index (χ3v) is 1.41. The first-order valence-corrected chi connectivity index (χ1v) is 3.25. The number of aromatic nitrogens is 1. The molecule has 0 aromatic carbocycles. The number of halogens is 1. The molecule has 0 aliphatic carbocycles. The van der Waals surface area contributed by atoms with Gasteiger partial charge in [-0.3, -0.25) is 10.2 Å². The summed E-state index contributed by atoms with van der Waals surface area (Å²) >= 11 is 5.62. The molecule has 0 atom stereocenters. The number of nitrogens with two attached hydrogens (primary N) is 1. The average molecular weight is 172 g/mol. The standard InChI is InChI=1S/C6H6ClN3O/c7-4-2-1-3-9-5(4)6(11)10-8/h1-3H,8H2,(H,10,11). The van der Waals surface area contributed by atoms with E-state index < -0.39 is 5.91 Å². The molecule has 1 rings (SSSR count). The van der Waals surface area contributed by atoms with E-state index in [-0.39, 0.29) is 10.7 Å². The van der Waals surface area contributed by atoms with Gasteiger partial charge in [-0.25, -0.2) is 10.8 Å². The maximum Gasteiger partial charge on any atom is 0.285 e. The van der Waals surface area contributed by atoms with E-state index in [9.17, 15) is 4.79 Å². The molecular weight excluding hydrogens is 166 g/mol. The lowest BCUT2D eigenvalue weighted by Gasteiger charge is -1.98. The Labute approximate surface area is 68.3 Å². The highest BCUT2D eigenvalue weighted by atomic mass is 35.5. The number of rotatable bonds is 1. The highest BCUT2D eigenvalue weighted by Gasteiger charge is 2.08. The summed E-state index contributed by atoms with van der Waals surface area (Å²) in [7, 11) is 0. The second-order valence-electron chi connectivity index (χ2n) is 1.81. The van der Waals surface area contributed by atoms with Gasteiger partial charge in [-0.1, -0.05) is 11.6 Å². The number of hydrazine groups is 1. The summed E-state index contributed by atoms with van der Waals surface area (Å²) in [6.45, 7) is 0. The van der Waals surface area contributed by atoms with Crippen molar-refractivity contribution in [2.24, 2.45) is 5.84 Å². The zero-order valence-electron chi connectivity index (χ0n) is 5.54. The van der Waals surface area contributed by atoms with E-state index in [1.807, 2.05) is 5.43 Å². The molecular formula is C6H6ClN3O. The van der Waals surface area contributed by atoms with Crippen molar-refractivity contribution in [3.8, 4) is 0 Å².